The van der Waals surface area contributed by atoms with Crippen LogP contribution in [0, 0.1) is 11.3 Å². The number of nitriles is 1. The first-order valence-electron chi connectivity index (χ1n) is 13.3. The molecule has 2 amide bonds. The van der Waals surface area contributed by atoms with E-state index in [-0.39, 0.29) is 18.1 Å². The van der Waals surface area contributed by atoms with Crippen LogP contribution in [0.3, 0.4) is 0 Å². The van der Waals surface area contributed by atoms with Gasteiger partial charge in [0.05, 0.1) is 22.9 Å². The van der Waals surface area contributed by atoms with Crippen LogP contribution >= 0.6 is 23.2 Å². The number of nitrogens with one attached hydrogen (secondary N) is 2. The highest BCUT2D eigenvalue weighted by molar-refractivity contribution is 6.35. The van der Waals surface area contributed by atoms with Gasteiger partial charge in [0.25, 0.3) is 11.8 Å². The van der Waals surface area contributed by atoms with Gasteiger partial charge in [0.15, 0.2) is 6.10 Å². The zero-order chi connectivity index (χ0) is 30.6. The lowest BCUT2D eigenvalue weighted by atomic mass is 10.1. The Morgan fingerprint density at radius 1 is 0.953 bits per heavy atom. The summed E-state index contributed by atoms with van der Waals surface area (Å²) in [6.45, 7) is 1.82. The molecule has 2 atom stereocenters. The third kappa shape index (κ3) is 9.33. The van der Waals surface area contributed by atoms with E-state index < -0.39 is 24.0 Å². The molecule has 0 aromatic heterocycles. The highest BCUT2D eigenvalue weighted by atomic mass is 35.5. The number of rotatable bonds is 12. The molecule has 4 rings (SSSR count). The number of hydrogen-bond donors (Lipinski definition) is 2. The SMILES string of the molecule is C[C@H](Oc1ccc(Cl)cc1Cl)C(=O)N[C@@H](Cc1ccccc1)C(=O)N/N=C\c1ccc(OCc2ccccc2C#N)cc1. The lowest BCUT2D eigenvalue weighted by Crippen LogP contribution is -2.50. The fourth-order valence-electron chi connectivity index (χ4n) is 3.98. The predicted molar refractivity (Wildman–Crippen MR) is 166 cm³/mol. The molecule has 0 aliphatic carbocycles. The molecular formula is C33H28Cl2N4O4. The maximum atomic E-state index is 13.1. The third-order valence-corrected chi connectivity index (χ3v) is 6.81. The minimum atomic E-state index is -0.942. The number of hydrogen-bond acceptors (Lipinski definition) is 6. The minimum Gasteiger partial charge on any atom is -0.489 e. The molecule has 4 aromatic rings. The molecule has 0 unspecified atom stereocenters. The van der Waals surface area contributed by atoms with Crippen molar-refractivity contribution in [2.75, 3.05) is 0 Å². The first-order chi connectivity index (χ1) is 20.8. The van der Waals surface area contributed by atoms with E-state index in [2.05, 4.69) is 21.9 Å². The van der Waals surface area contributed by atoms with Gasteiger partial charge < -0.3 is 14.8 Å². The zero-order valence-corrected chi connectivity index (χ0v) is 24.7. The summed E-state index contributed by atoms with van der Waals surface area (Å²) in [7, 11) is 0. The lowest BCUT2D eigenvalue weighted by Gasteiger charge is -2.21. The van der Waals surface area contributed by atoms with Gasteiger partial charge in [-0.1, -0.05) is 71.7 Å². The number of benzene rings is 4. The first-order valence-corrected chi connectivity index (χ1v) is 14.1. The summed E-state index contributed by atoms with van der Waals surface area (Å²) in [4.78, 5) is 26.1. The van der Waals surface area contributed by atoms with Gasteiger partial charge in [-0.15, -0.1) is 0 Å². The van der Waals surface area contributed by atoms with Crippen molar-refractivity contribution in [3.63, 3.8) is 0 Å². The van der Waals surface area contributed by atoms with E-state index in [0.717, 1.165) is 16.7 Å². The highest BCUT2D eigenvalue weighted by Crippen LogP contribution is 2.28. The van der Waals surface area contributed by atoms with Gasteiger partial charge in [0.2, 0.25) is 0 Å². The van der Waals surface area contributed by atoms with E-state index in [0.29, 0.717) is 22.1 Å². The predicted octanol–water partition coefficient (Wildman–Crippen LogP) is 6.09. The van der Waals surface area contributed by atoms with E-state index in [1.54, 1.807) is 55.5 Å². The Kier molecular flexibility index (Phi) is 11.1. The number of nitrogens with zero attached hydrogens (tertiary/aromatic N) is 2. The molecular weight excluding hydrogens is 587 g/mol. The van der Waals surface area contributed by atoms with Gasteiger partial charge in [-0.2, -0.15) is 10.4 Å². The van der Waals surface area contributed by atoms with Gasteiger partial charge in [-0.05, 0) is 66.6 Å². The summed E-state index contributed by atoms with van der Waals surface area (Å²) in [6.07, 6.45) is 0.786. The fraction of sp³-hybridized carbons (Fsp3) is 0.152. The average molecular weight is 616 g/mol. The van der Waals surface area contributed by atoms with E-state index in [1.165, 1.54) is 12.3 Å². The second kappa shape index (κ2) is 15.4. The molecule has 2 N–H and O–H groups in total. The van der Waals surface area contributed by atoms with Crippen LogP contribution < -0.4 is 20.2 Å². The summed E-state index contributed by atoms with van der Waals surface area (Å²) in [5, 5.41) is 16.8. The standard InChI is InChI=1S/C33H28Cl2N4O4/c1-22(43-31-16-13-27(34)18-29(31)35)32(40)38-30(17-23-7-3-2-4-8-23)33(41)39-37-20-24-11-14-28(15-12-24)42-21-26-10-6-5-9-25(26)19-36/h2-16,18,20,22,30H,17,21H2,1H3,(H,38,40)(H,39,41)/b37-20-/t22-,30-/m0/s1. The number of amides is 2. The van der Waals surface area contributed by atoms with Crippen molar-refractivity contribution in [1.29, 1.82) is 5.26 Å². The van der Waals surface area contributed by atoms with Crippen LogP contribution in [0.4, 0.5) is 0 Å². The smallest absolute Gasteiger partial charge is 0.262 e. The largest absolute Gasteiger partial charge is 0.489 e. The summed E-state index contributed by atoms with van der Waals surface area (Å²) in [5.41, 5.74) is 5.45. The second-order valence-corrected chi connectivity index (χ2v) is 10.3. The summed E-state index contributed by atoms with van der Waals surface area (Å²) < 4.78 is 11.5. The topological polar surface area (TPSA) is 113 Å². The third-order valence-electron chi connectivity index (χ3n) is 6.28. The first kappa shape index (κ1) is 31.1. The van der Waals surface area contributed by atoms with Crippen LogP contribution in [0.15, 0.2) is 102 Å². The molecule has 0 heterocycles. The van der Waals surface area contributed by atoms with E-state index in [1.807, 2.05) is 42.5 Å². The Bertz CT molecular complexity index is 1620. The Balaban J connectivity index is 1.36. The number of hydrazone groups is 1. The Labute approximate surface area is 259 Å². The Morgan fingerprint density at radius 2 is 1.67 bits per heavy atom. The molecule has 0 saturated carbocycles. The van der Waals surface area contributed by atoms with Gasteiger partial charge >= 0.3 is 0 Å². The maximum Gasteiger partial charge on any atom is 0.262 e. The van der Waals surface area contributed by atoms with Crippen LogP contribution in [0.2, 0.25) is 10.0 Å². The van der Waals surface area contributed by atoms with Crippen LogP contribution in [0.1, 0.15) is 29.2 Å². The Hall–Kier alpha value is -4.84. The molecule has 10 heteroatoms. The summed E-state index contributed by atoms with van der Waals surface area (Å²) in [5.74, 6) is -0.0816. The summed E-state index contributed by atoms with van der Waals surface area (Å²) >= 11 is 12.1. The molecule has 0 spiro atoms. The molecule has 0 aliphatic heterocycles. The van der Waals surface area contributed by atoms with Crippen molar-refractivity contribution in [2.45, 2.75) is 32.1 Å². The van der Waals surface area contributed by atoms with E-state index >= 15 is 0 Å². The van der Waals surface area contributed by atoms with Crippen LogP contribution in [-0.4, -0.2) is 30.2 Å². The van der Waals surface area contributed by atoms with Gasteiger partial charge in [0, 0.05) is 17.0 Å². The van der Waals surface area contributed by atoms with E-state index in [9.17, 15) is 14.9 Å². The summed E-state index contributed by atoms with van der Waals surface area (Å²) in [6, 6.07) is 29.6. The van der Waals surface area contributed by atoms with Crippen LogP contribution in [0.5, 0.6) is 11.5 Å². The monoisotopic (exact) mass is 614 g/mol. The van der Waals surface area contributed by atoms with Crippen molar-refractivity contribution in [2.24, 2.45) is 5.10 Å². The lowest BCUT2D eigenvalue weighted by molar-refractivity contribution is -0.132. The number of carbonyl (C=O) groups excluding carboxylic acids is 2. The minimum absolute atomic E-state index is 0.239. The van der Waals surface area contributed by atoms with Crippen molar-refractivity contribution in [1.82, 2.24) is 10.7 Å². The van der Waals surface area contributed by atoms with Crippen molar-refractivity contribution in [3.05, 3.63) is 129 Å². The molecule has 218 valence electrons. The van der Waals surface area contributed by atoms with E-state index in [4.69, 9.17) is 32.7 Å². The van der Waals surface area contributed by atoms with Crippen LogP contribution in [0.25, 0.3) is 0 Å². The molecule has 0 saturated heterocycles. The highest BCUT2D eigenvalue weighted by Gasteiger charge is 2.25. The molecule has 4 aromatic carbocycles. The van der Waals surface area contributed by atoms with Gasteiger partial charge in [-0.25, -0.2) is 5.43 Å². The quantitative estimate of drug-likeness (QED) is 0.148. The molecule has 8 nitrogen and oxygen atoms in total. The fourth-order valence-corrected chi connectivity index (χ4v) is 4.43. The second-order valence-electron chi connectivity index (χ2n) is 9.45. The Morgan fingerprint density at radius 3 is 2.40 bits per heavy atom. The van der Waals surface area contributed by atoms with Crippen molar-refractivity contribution >= 4 is 41.2 Å². The number of halogens is 2. The molecule has 0 radical (unpaired) electrons. The zero-order valence-electron chi connectivity index (χ0n) is 23.2. The maximum absolute atomic E-state index is 13.1. The van der Waals surface area contributed by atoms with Gasteiger partial charge in [0.1, 0.15) is 24.1 Å². The molecule has 0 aliphatic rings. The van der Waals surface area contributed by atoms with Crippen molar-refractivity contribution < 1.29 is 19.1 Å². The average Bonchev–Trinajstić information content (AvgIpc) is 3.02. The number of ether oxygens (including phenoxy) is 2. The molecule has 0 bridgehead atoms. The normalized spacial score (nSPS) is 12.1. The molecule has 0 fully saturated rings. The molecule has 43 heavy (non-hydrogen) atoms. The van der Waals surface area contributed by atoms with Crippen LogP contribution in [-0.2, 0) is 22.6 Å². The van der Waals surface area contributed by atoms with Gasteiger partial charge in [-0.3, -0.25) is 9.59 Å². The van der Waals surface area contributed by atoms with Crippen molar-refractivity contribution in [3.8, 4) is 17.6 Å². The number of carbonyl (C=O) groups is 2.